The van der Waals surface area contributed by atoms with E-state index in [1.165, 1.54) is 35.1 Å². The Morgan fingerprint density at radius 3 is 2.15 bits per heavy atom. The monoisotopic (exact) mass is 571 g/mol. The molecule has 0 saturated heterocycles. The van der Waals surface area contributed by atoms with Gasteiger partial charge in [0.15, 0.2) is 0 Å². The summed E-state index contributed by atoms with van der Waals surface area (Å²) in [7, 11) is -2.26. The second-order valence-electron chi connectivity index (χ2n) is 7.80. The molecule has 0 atom stereocenters. The third kappa shape index (κ3) is 7.00. The standard InChI is InChI=1S/C15H13F2N5O2S.C9H6F4O/c1-19-9-6-12(16)15(13(17)7-9)14-8-22(21-20-14)10-2-4-11(5-3-10)25(18,23)24;10-8-6(4-5-14)2-1-3-7(8)9(11,12)13/h2-8,19H,1H3,(H2,18,23,24);1-3,5H,4H2. The molecule has 0 fully saturated rings. The Morgan fingerprint density at radius 2 is 1.64 bits per heavy atom. The first kappa shape index (κ1) is 29.3. The maximum atomic E-state index is 14.1. The molecule has 0 spiro atoms. The summed E-state index contributed by atoms with van der Waals surface area (Å²) in [6, 6.07) is 10.7. The molecule has 0 unspecified atom stereocenters. The van der Waals surface area contributed by atoms with Crippen molar-refractivity contribution >= 4 is 22.0 Å². The van der Waals surface area contributed by atoms with Crippen LogP contribution in [-0.4, -0.2) is 36.7 Å². The molecule has 39 heavy (non-hydrogen) atoms. The van der Waals surface area contributed by atoms with Gasteiger partial charge in [-0.1, -0.05) is 17.3 Å². The molecule has 206 valence electrons. The van der Waals surface area contributed by atoms with Crippen molar-refractivity contribution in [1.29, 1.82) is 0 Å². The lowest BCUT2D eigenvalue weighted by molar-refractivity contribution is -0.140. The molecule has 15 heteroatoms. The Morgan fingerprint density at radius 1 is 1.03 bits per heavy atom. The lowest BCUT2D eigenvalue weighted by atomic mass is 10.1. The smallest absolute Gasteiger partial charge is 0.388 e. The normalized spacial score (nSPS) is 11.5. The van der Waals surface area contributed by atoms with Gasteiger partial charge >= 0.3 is 6.18 Å². The number of aldehydes is 1. The molecule has 3 aromatic carbocycles. The van der Waals surface area contributed by atoms with Crippen LogP contribution in [0, 0.1) is 17.5 Å². The highest BCUT2D eigenvalue weighted by Crippen LogP contribution is 2.32. The van der Waals surface area contributed by atoms with Crippen LogP contribution >= 0.6 is 0 Å². The first-order valence-electron chi connectivity index (χ1n) is 10.8. The van der Waals surface area contributed by atoms with E-state index in [0.717, 1.165) is 24.3 Å². The third-order valence-electron chi connectivity index (χ3n) is 5.20. The molecule has 0 aliphatic carbocycles. The van der Waals surface area contributed by atoms with Gasteiger partial charge < -0.3 is 10.1 Å². The van der Waals surface area contributed by atoms with Gasteiger partial charge in [-0.05, 0) is 48.0 Å². The summed E-state index contributed by atoms with van der Waals surface area (Å²) in [5.74, 6) is -2.92. The summed E-state index contributed by atoms with van der Waals surface area (Å²) >= 11 is 0. The zero-order chi connectivity index (χ0) is 29.0. The van der Waals surface area contributed by atoms with Crippen LogP contribution in [0.25, 0.3) is 16.9 Å². The van der Waals surface area contributed by atoms with Crippen LogP contribution in [0.5, 0.6) is 0 Å². The predicted molar refractivity (Wildman–Crippen MR) is 129 cm³/mol. The van der Waals surface area contributed by atoms with Crippen molar-refractivity contribution in [2.75, 3.05) is 12.4 Å². The Hall–Kier alpha value is -4.24. The van der Waals surface area contributed by atoms with Gasteiger partial charge in [-0.3, -0.25) is 0 Å². The van der Waals surface area contributed by atoms with E-state index >= 15 is 0 Å². The summed E-state index contributed by atoms with van der Waals surface area (Å²) < 4.78 is 102. The quantitative estimate of drug-likeness (QED) is 0.260. The number of hydrogen-bond acceptors (Lipinski definition) is 6. The molecule has 1 aromatic heterocycles. The summed E-state index contributed by atoms with van der Waals surface area (Å²) in [4.78, 5) is 9.98. The fourth-order valence-electron chi connectivity index (χ4n) is 3.30. The van der Waals surface area contributed by atoms with Gasteiger partial charge in [0.25, 0.3) is 0 Å². The van der Waals surface area contributed by atoms with Crippen molar-refractivity contribution in [3.05, 3.63) is 89.4 Å². The molecule has 3 N–H and O–H groups in total. The first-order chi connectivity index (χ1) is 18.3. The average Bonchev–Trinajstić information content (AvgIpc) is 3.34. The van der Waals surface area contributed by atoms with Crippen LogP contribution in [0.3, 0.4) is 0 Å². The molecule has 4 aromatic rings. The zero-order valence-electron chi connectivity index (χ0n) is 19.9. The number of nitrogens with one attached hydrogen (secondary N) is 1. The summed E-state index contributed by atoms with van der Waals surface area (Å²) in [5.41, 5.74) is -1.12. The van der Waals surface area contributed by atoms with Crippen molar-refractivity contribution in [2.24, 2.45) is 5.14 Å². The molecule has 1 heterocycles. The number of nitrogens with zero attached hydrogens (tertiary/aromatic N) is 3. The maximum Gasteiger partial charge on any atom is 0.419 e. The molecule has 0 amide bonds. The number of alkyl halides is 3. The van der Waals surface area contributed by atoms with Crippen LogP contribution in [0.4, 0.5) is 32.0 Å². The fraction of sp³-hybridized carbons (Fsp3) is 0.125. The molecule has 0 saturated carbocycles. The van der Waals surface area contributed by atoms with Crippen LogP contribution in [0.1, 0.15) is 11.1 Å². The summed E-state index contributed by atoms with van der Waals surface area (Å²) in [5, 5.41) is 15.3. The van der Waals surface area contributed by atoms with E-state index < -0.39 is 39.2 Å². The number of halogens is 6. The Bertz CT molecular complexity index is 1570. The van der Waals surface area contributed by atoms with Crippen molar-refractivity contribution < 1.29 is 39.6 Å². The molecule has 0 aliphatic heterocycles. The van der Waals surface area contributed by atoms with Gasteiger partial charge in [0.1, 0.15) is 29.4 Å². The van der Waals surface area contributed by atoms with Gasteiger partial charge in [0, 0.05) is 19.2 Å². The molecular weight excluding hydrogens is 552 g/mol. The van der Waals surface area contributed by atoms with Gasteiger partial charge in [-0.25, -0.2) is 31.4 Å². The Balaban J connectivity index is 0.000000255. The average molecular weight is 572 g/mol. The highest BCUT2D eigenvalue weighted by Gasteiger charge is 2.34. The number of nitrogens with two attached hydrogens (primary N) is 1. The maximum absolute atomic E-state index is 14.1. The number of sulfonamides is 1. The van der Waals surface area contributed by atoms with E-state index in [2.05, 4.69) is 15.6 Å². The van der Waals surface area contributed by atoms with Gasteiger partial charge in [0.2, 0.25) is 10.0 Å². The fourth-order valence-corrected chi connectivity index (χ4v) is 3.82. The number of primary sulfonamides is 1. The van der Waals surface area contributed by atoms with Gasteiger partial charge in [-0.15, -0.1) is 5.10 Å². The number of benzene rings is 3. The molecule has 0 bridgehead atoms. The summed E-state index contributed by atoms with van der Waals surface area (Å²) in [6.45, 7) is 0. The van der Waals surface area contributed by atoms with E-state index in [1.54, 1.807) is 7.05 Å². The van der Waals surface area contributed by atoms with E-state index in [-0.39, 0.29) is 28.1 Å². The zero-order valence-corrected chi connectivity index (χ0v) is 20.7. The minimum Gasteiger partial charge on any atom is -0.388 e. The number of carbonyl (C=O) groups excluding carboxylic acids is 1. The van der Waals surface area contributed by atoms with Crippen molar-refractivity contribution in [2.45, 2.75) is 17.5 Å². The van der Waals surface area contributed by atoms with Crippen molar-refractivity contribution in [1.82, 2.24) is 15.0 Å². The van der Waals surface area contributed by atoms with Crippen molar-refractivity contribution in [3.63, 3.8) is 0 Å². The molecular formula is C24H19F6N5O3S. The predicted octanol–water partition coefficient (Wildman–Crippen LogP) is 4.49. The minimum atomic E-state index is -4.72. The largest absolute Gasteiger partial charge is 0.419 e. The van der Waals surface area contributed by atoms with E-state index in [9.17, 15) is 39.6 Å². The molecule has 0 radical (unpaired) electrons. The highest BCUT2D eigenvalue weighted by molar-refractivity contribution is 7.89. The number of rotatable bonds is 6. The van der Waals surface area contributed by atoms with Crippen LogP contribution < -0.4 is 10.5 Å². The number of hydrogen-bond donors (Lipinski definition) is 2. The van der Waals surface area contributed by atoms with Crippen molar-refractivity contribution in [3.8, 4) is 16.9 Å². The van der Waals surface area contributed by atoms with Crippen LogP contribution in [0.2, 0.25) is 0 Å². The van der Waals surface area contributed by atoms with Gasteiger partial charge in [0.05, 0.1) is 27.9 Å². The van der Waals surface area contributed by atoms with Gasteiger partial charge in [-0.2, -0.15) is 13.2 Å². The number of carbonyl (C=O) groups is 1. The minimum absolute atomic E-state index is 0.00757. The van der Waals surface area contributed by atoms with E-state index in [4.69, 9.17) is 5.14 Å². The Kier molecular flexibility index (Phi) is 8.76. The molecule has 8 nitrogen and oxygen atoms in total. The van der Waals surface area contributed by atoms with Crippen LogP contribution in [0.15, 0.2) is 65.7 Å². The Labute approximate surface area is 218 Å². The lowest BCUT2D eigenvalue weighted by Crippen LogP contribution is -2.12. The van der Waals surface area contributed by atoms with Crippen LogP contribution in [-0.2, 0) is 27.4 Å². The van der Waals surface area contributed by atoms with E-state index in [0.29, 0.717) is 23.7 Å². The molecule has 0 aliphatic rings. The lowest BCUT2D eigenvalue weighted by Gasteiger charge is -2.09. The second kappa shape index (κ2) is 11.7. The summed E-state index contributed by atoms with van der Waals surface area (Å²) in [6.07, 6.45) is -3.37. The topological polar surface area (TPSA) is 120 Å². The number of anilines is 1. The van der Waals surface area contributed by atoms with E-state index in [1.807, 2.05) is 0 Å². The number of aromatic nitrogens is 3. The highest BCUT2D eigenvalue weighted by atomic mass is 32.2. The second-order valence-corrected chi connectivity index (χ2v) is 9.36. The molecule has 4 rings (SSSR count). The third-order valence-corrected chi connectivity index (χ3v) is 6.13. The SMILES string of the molecule is CNc1cc(F)c(-c2cn(-c3ccc(S(N)(=O)=O)cc3)nn2)c(F)c1.O=CCc1cccc(C(F)(F)F)c1F. The first-order valence-corrected chi connectivity index (χ1v) is 12.3.